The van der Waals surface area contributed by atoms with Gasteiger partial charge in [-0.05, 0) is 27.7 Å². The van der Waals surface area contributed by atoms with Crippen LogP contribution in [0.4, 0.5) is 4.79 Å². The van der Waals surface area contributed by atoms with Crippen molar-refractivity contribution in [3.63, 3.8) is 0 Å². The van der Waals surface area contributed by atoms with Gasteiger partial charge >= 0.3 is 6.09 Å². The van der Waals surface area contributed by atoms with Crippen molar-refractivity contribution < 1.29 is 14.3 Å². The fraction of sp³-hybridized carbons (Fsp3) is 0.900. The average molecular weight is 203 g/mol. The quantitative estimate of drug-likeness (QED) is 0.703. The van der Waals surface area contributed by atoms with Crippen LogP contribution in [0.5, 0.6) is 0 Å². The molecule has 4 heteroatoms. The van der Waals surface area contributed by atoms with Crippen molar-refractivity contribution in [2.45, 2.75) is 39.3 Å². The third-order valence-electron chi connectivity index (χ3n) is 1.75. The van der Waals surface area contributed by atoms with E-state index >= 15 is 0 Å². The van der Waals surface area contributed by atoms with E-state index in [1.807, 2.05) is 27.7 Å². The normalized spacial score (nSPS) is 13.6. The fourth-order valence-corrected chi connectivity index (χ4v) is 0.867. The van der Waals surface area contributed by atoms with Crippen LogP contribution in [0.25, 0.3) is 0 Å². The number of carbonyl (C=O) groups is 1. The maximum Gasteiger partial charge on any atom is 0.410 e. The predicted molar refractivity (Wildman–Crippen MR) is 55.3 cm³/mol. The molecule has 0 aliphatic heterocycles. The molecule has 1 atom stereocenters. The van der Waals surface area contributed by atoms with Crippen molar-refractivity contribution >= 4 is 6.09 Å². The second-order valence-electron chi connectivity index (χ2n) is 4.40. The molecule has 0 spiro atoms. The molecule has 1 unspecified atom stereocenters. The summed E-state index contributed by atoms with van der Waals surface area (Å²) in [7, 11) is 3.32. The fourth-order valence-electron chi connectivity index (χ4n) is 0.867. The van der Waals surface area contributed by atoms with Gasteiger partial charge in [-0.25, -0.2) is 4.79 Å². The first-order valence-corrected chi connectivity index (χ1v) is 4.72. The van der Waals surface area contributed by atoms with E-state index in [1.165, 1.54) is 4.90 Å². The summed E-state index contributed by atoms with van der Waals surface area (Å²) in [6.45, 7) is 7.96. The lowest BCUT2D eigenvalue weighted by Gasteiger charge is -2.28. The lowest BCUT2D eigenvalue weighted by atomic mass is 10.2. The number of carbonyl (C=O) groups excluding carboxylic acids is 1. The Hall–Kier alpha value is -0.770. The van der Waals surface area contributed by atoms with Gasteiger partial charge in [0.05, 0.1) is 12.6 Å². The molecule has 0 aromatic rings. The van der Waals surface area contributed by atoms with Crippen LogP contribution >= 0.6 is 0 Å². The summed E-state index contributed by atoms with van der Waals surface area (Å²) >= 11 is 0. The molecule has 0 saturated heterocycles. The van der Waals surface area contributed by atoms with Gasteiger partial charge in [0.25, 0.3) is 0 Å². The summed E-state index contributed by atoms with van der Waals surface area (Å²) in [6, 6.07) is 0.0230. The van der Waals surface area contributed by atoms with Gasteiger partial charge in [0.1, 0.15) is 5.60 Å². The lowest BCUT2D eigenvalue weighted by Crippen LogP contribution is -2.41. The van der Waals surface area contributed by atoms with Gasteiger partial charge in [-0.3, -0.25) is 0 Å². The van der Waals surface area contributed by atoms with Gasteiger partial charge in [-0.2, -0.15) is 0 Å². The smallest absolute Gasteiger partial charge is 0.410 e. The van der Waals surface area contributed by atoms with Crippen molar-refractivity contribution in [2.24, 2.45) is 0 Å². The zero-order valence-corrected chi connectivity index (χ0v) is 9.96. The molecule has 84 valence electrons. The van der Waals surface area contributed by atoms with E-state index in [2.05, 4.69) is 0 Å². The molecule has 0 bridgehead atoms. The van der Waals surface area contributed by atoms with Gasteiger partial charge in [0, 0.05) is 14.2 Å². The van der Waals surface area contributed by atoms with Crippen molar-refractivity contribution in [3.05, 3.63) is 0 Å². The number of rotatable bonds is 3. The number of nitrogens with zero attached hydrogens (tertiary/aromatic N) is 1. The molecule has 0 fully saturated rings. The van der Waals surface area contributed by atoms with Gasteiger partial charge in [0.2, 0.25) is 0 Å². The Bertz CT molecular complexity index is 186. The van der Waals surface area contributed by atoms with Crippen LogP contribution in [0.1, 0.15) is 27.7 Å². The molecule has 0 radical (unpaired) electrons. The molecule has 14 heavy (non-hydrogen) atoms. The second kappa shape index (κ2) is 5.20. The standard InChI is InChI=1S/C10H21NO3/c1-8(7-13-6)11(5)9(12)14-10(2,3)4/h8H,7H2,1-6H3. The molecule has 0 rings (SSSR count). The van der Waals surface area contributed by atoms with Crippen molar-refractivity contribution in [1.82, 2.24) is 4.90 Å². The predicted octanol–water partition coefficient (Wildman–Crippen LogP) is 1.89. The topological polar surface area (TPSA) is 38.8 Å². The number of methoxy groups -OCH3 is 1. The highest BCUT2D eigenvalue weighted by Gasteiger charge is 2.22. The van der Waals surface area contributed by atoms with E-state index in [9.17, 15) is 4.79 Å². The van der Waals surface area contributed by atoms with Gasteiger partial charge < -0.3 is 14.4 Å². The summed E-state index contributed by atoms with van der Waals surface area (Å²) in [4.78, 5) is 13.1. The highest BCUT2D eigenvalue weighted by atomic mass is 16.6. The Balaban J connectivity index is 4.12. The monoisotopic (exact) mass is 203 g/mol. The Morgan fingerprint density at radius 3 is 2.29 bits per heavy atom. The number of likely N-dealkylation sites (N-methyl/N-ethyl adjacent to an activating group) is 1. The van der Waals surface area contributed by atoms with E-state index < -0.39 is 5.60 Å². The third kappa shape index (κ3) is 5.07. The Morgan fingerprint density at radius 2 is 1.93 bits per heavy atom. The minimum atomic E-state index is -0.446. The van der Waals surface area contributed by atoms with Crippen molar-refractivity contribution in [2.75, 3.05) is 20.8 Å². The maximum absolute atomic E-state index is 11.5. The summed E-state index contributed by atoms with van der Waals surface area (Å²) < 4.78 is 10.2. The molecule has 1 amide bonds. The van der Waals surface area contributed by atoms with Crippen LogP contribution in [0.2, 0.25) is 0 Å². The summed E-state index contributed by atoms with van der Waals surface area (Å²) in [5.74, 6) is 0. The number of hydrogen-bond acceptors (Lipinski definition) is 3. The largest absolute Gasteiger partial charge is 0.444 e. The molecule has 0 saturated carbocycles. The molecule has 4 nitrogen and oxygen atoms in total. The zero-order chi connectivity index (χ0) is 11.4. The van der Waals surface area contributed by atoms with Crippen LogP contribution in [0.15, 0.2) is 0 Å². The first-order valence-electron chi connectivity index (χ1n) is 4.72. The molecule has 0 N–H and O–H groups in total. The Labute approximate surface area is 86.2 Å². The van der Waals surface area contributed by atoms with E-state index in [4.69, 9.17) is 9.47 Å². The lowest BCUT2D eigenvalue weighted by molar-refractivity contribution is 0.0154. The minimum absolute atomic E-state index is 0.0230. The summed E-state index contributed by atoms with van der Waals surface area (Å²) in [5, 5.41) is 0. The SMILES string of the molecule is COCC(C)N(C)C(=O)OC(C)(C)C. The summed E-state index contributed by atoms with van der Waals surface area (Å²) in [6.07, 6.45) is -0.318. The molecule has 0 aliphatic carbocycles. The first-order chi connectivity index (χ1) is 6.28. The molecular weight excluding hydrogens is 182 g/mol. The number of ether oxygens (including phenoxy) is 2. The van der Waals surface area contributed by atoms with Crippen molar-refractivity contribution in [3.8, 4) is 0 Å². The van der Waals surface area contributed by atoms with Crippen molar-refractivity contribution in [1.29, 1.82) is 0 Å². The van der Waals surface area contributed by atoms with Gasteiger partial charge in [-0.1, -0.05) is 0 Å². The second-order valence-corrected chi connectivity index (χ2v) is 4.40. The number of hydrogen-bond donors (Lipinski definition) is 0. The maximum atomic E-state index is 11.5. The van der Waals surface area contributed by atoms with Crippen LogP contribution < -0.4 is 0 Å². The highest BCUT2D eigenvalue weighted by Crippen LogP contribution is 2.10. The Morgan fingerprint density at radius 1 is 1.43 bits per heavy atom. The molecule has 0 aliphatic rings. The van der Waals surface area contributed by atoms with Gasteiger partial charge in [-0.15, -0.1) is 0 Å². The van der Waals surface area contributed by atoms with E-state index in [1.54, 1.807) is 14.2 Å². The van der Waals surface area contributed by atoms with E-state index in [0.29, 0.717) is 6.61 Å². The van der Waals surface area contributed by atoms with Crippen LogP contribution in [-0.4, -0.2) is 43.4 Å². The number of amides is 1. The van der Waals surface area contributed by atoms with Crippen LogP contribution in [0.3, 0.4) is 0 Å². The highest BCUT2D eigenvalue weighted by molar-refractivity contribution is 5.68. The molecular formula is C10H21NO3. The van der Waals surface area contributed by atoms with Crippen LogP contribution in [-0.2, 0) is 9.47 Å². The zero-order valence-electron chi connectivity index (χ0n) is 9.96. The Kier molecular flexibility index (Phi) is 4.91. The average Bonchev–Trinajstić information content (AvgIpc) is 2.00. The van der Waals surface area contributed by atoms with Gasteiger partial charge in [0.15, 0.2) is 0 Å². The molecule has 0 aromatic heterocycles. The molecule has 0 aromatic carbocycles. The van der Waals surface area contributed by atoms with Crippen LogP contribution in [0, 0.1) is 0 Å². The van der Waals surface area contributed by atoms with E-state index in [0.717, 1.165) is 0 Å². The van der Waals surface area contributed by atoms with E-state index in [-0.39, 0.29) is 12.1 Å². The third-order valence-corrected chi connectivity index (χ3v) is 1.75. The first kappa shape index (κ1) is 13.2. The minimum Gasteiger partial charge on any atom is -0.444 e. The summed E-state index contributed by atoms with van der Waals surface area (Å²) in [5.41, 5.74) is -0.446. The molecule has 0 heterocycles.